The zero-order chi connectivity index (χ0) is 19.4. The van der Waals surface area contributed by atoms with Gasteiger partial charge in [-0.1, -0.05) is 35.5 Å². The van der Waals surface area contributed by atoms with Crippen LogP contribution in [0, 0.1) is 6.92 Å². The SMILES string of the molecule is CC(=O)c1ccc(NC(=O)CSc2nnc(-c3cccc(C)c3)n2N)cc1. The normalized spacial score (nSPS) is 10.6. The van der Waals surface area contributed by atoms with Crippen molar-refractivity contribution >= 4 is 29.1 Å². The quantitative estimate of drug-likeness (QED) is 0.387. The van der Waals surface area contributed by atoms with Crippen LogP contribution in [0.5, 0.6) is 0 Å². The van der Waals surface area contributed by atoms with Gasteiger partial charge in [-0.2, -0.15) is 0 Å². The lowest BCUT2D eigenvalue weighted by molar-refractivity contribution is -0.113. The molecule has 0 fully saturated rings. The summed E-state index contributed by atoms with van der Waals surface area (Å²) < 4.78 is 1.38. The maximum absolute atomic E-state index is 12.1. The molecule has 1 aromatic heterocycles. The van der Waals surface area contributed by atoms with Crippen molar-refractivity contribution in [2.75, 3.05) is 16.9 Å². The lowest BCUT2D eigenvalue weighted by atomic mass is 10.1. The highest BCUT2D eigenvalue weighted by molar-refractivity contribution is 7.99. The highest BCUT2D eigenvalue weighted by Crippen LogP contribution is 2.22. The Bertz CT molecular complexity index is 982. The highest BCUT2D eigenvalue weighted by Gasteiger charge is 2.14. The Balaban J connectivity index is 1.61. The third-order valence-corrected chi connectivity index (χ3v) is 4.79. The molecule has 0 saturated heterocycles. The van der Waals surface area contributed by atoms with E-state index in [1.807, 2.05) is 31.2 Å². The van der Waals surface area contributed by atoms with Crippen molar-refractivity contribution in [1.82, 2.24) is 14.9 Å². The van der Waals surface area contributed by atoms with Crippen LogP contribution in [0.15, 0.2) is 53.7 Å². The molecule has 0 spiro atoms. The summed E-state index contributed by atoms with van der Waals surface area (Å²) in [6, 6.07) is 14.5. The number of aryl methyl sites for hydroxylation is 1. The number of rotatable bonds is 6. The first-order valence-electron chi connectivity index (χ1n) is 8.25. The topological polar surface area (TPSA) is 103 Å². The molecule has 27 heavy (non-hydrogen) atoms. The van der Waals surface area contributed by atoms with Crippen molar-refractivity contribution in [1.29, 1.82) is 0 Å². The number of hydrogen-bond donors (Lipinski definition) is 2. The minimum absolute atomic E-state index is 0.0184. The fourth-order valence-electron chi connectivity index (χ4n) is 2.47. The molecule has 0 atom stereocenters. The Kier molecular flexibility index (Phi) is 5.56. The third kappa shape index (κ3) is 4.53. The first-order valence-corrected chi connectivity index (χ1v) is 9.24. The number of aromatic nitrogens is 3. The maximum Gasteiger partial charge on any atom is 0.234 e. The van der Waals surface area contributed by atoms with Gasteiger partial charge in [-0.15, -0.1) is 10.2 Å². The number of benzene rings is 2. The summed E-state index contributed by atoms with van der Waals surface area (Å²) >= 11 is 1.20. The maximum atomic E-state index is 12.1. The highest BCUT2D eigenvalue weighted by atomic mass is 32.2. The number of hydrogen-bond acceptors (Lipinski definition) is 6. The third-order valence-electron chi connectivity index (χ3n) is 3.85. The molecule has 8 heteroatoms. The molecule has 0 unspecified atom stereocenters. The molecule has 7 nitrogen and oxygen atoms in total. The minimum atomic E-state index is -0.198. The van der Waals surface area contributed by atoms with E-state index >= 15 is 0 Å². The van der Waals surface area contributed by atoms with Crippen LogP contribution < -0.4 is 11.2 Å². The van der Waals surface area contributed by atoms with E-state index < -0.39 is 0 Å². The largest absolute Gasteiger partial charge is 0.335 e. The number of nitrogens with two attached hydrogens (primary N) is 1. The molecule has 3 N–H and O–H groups in total. The van der Waals surface area contributed by atoms with Crippen LogP contribution in [0.1, 0.15) is 22.8 Å². The molecule has 138 valence electrons. The van der Waals surface area contributed by atoms with Gasteiger partial charge in [0.05, 0.1) is 5.75 Å². The van der Waals surface area contributed by atoms with Crippen LogP contribution in [0.25, 0.3) is 11.4 Å². The fraction of sp³-hybridized carbons (Fsp3) is 0.158. The zero-order valence-corrected chi connectivity index (χ0v) is 15.8. The Morgan fingerprint density at radius 3 is 2.56 bits per heavy atom. The predicted octanol–water partition coefficient (Wildman–Crippen LogP) is 2.90. The standard InChI is InChI=1S/C19H19N5O2S/c1-12-4-3-5-15(10-12)18-22-23-19(24(18)20)27-11-17(26)21-16-8-6-14(7-9-16)13(2)25/h3-10H,11,20H2,1-2H3,(H,21,26). The van der Waals surface area contributed by atoms with E-state index in [0.717, 1.165) is 11.1 Å². The van der Waals surface area contributed by atoms with Gasteiger partial charge in [0.15, 0.2) is 11.6 Å². The molecule has 0 bridgehead atoms. The molecule has 0 aliphatic heterocycles. The number of Topliss-reactive ketones (excluding diaryl/α,β-unsaturated/α-hetero) is 1. The van der Waals surface area contributed by atoms with Crippen molar-refractivity contribution in [3.63, 3.8) is 0 Å². The van der Waals surface area contributed by atoms with E-state index in [1.165, 1.54) is 23.4 Å². The summed E-state index contributed by atoms with van der Waals surface area (Å²) in [4.78, 5) is 23.4. The number of amides is 1. The molecule has 0 saturated carbocycles. The van der Waals surface area contributed by atoms with Gasteiger partial charge in [0, 0.05) is 16.8 Å². The second-order valence-electron chi connectivity index (χ2n) is 6.02. The van der Waals surface area contributed by atoms with Gasteiger partial charge >= 0.3 is 0 Å². The van der Waals surface area contributed by atoms with E-state index in [-0.39, 0.29) is 17.4 Å². The summed E-state index contributed by atoms with van der Waals surface area (Å²) in [5.74, 6) is 6.54. The number of nitrogens with one attached hydrogen (secondary N) is 1. The number of carbonyl (C=O) groups excluding carboxylic acids is 2. The van der Waals surface area contributed by atoms with Crippen LogP contribution in [0.2, 0.25) is 0 Å². The molecule has 0 aliphatic carbocycles. The Morgan fingerprint density at radius 2 is 1.89 bits per heavy atom. The van der Waals surface area contributed by atoms with Crippen molar-refractivity contribution in [3.05, 3.63) is 59.7 Å². The lowest BCUT2D eigenvalue weighted by Gasteiger charge is -2.06. The second kappa shape index (κ2) is 8.05. The van der Waals surface area contributed by atoms with Crippen molar-refractivity contribution in [2.24, 2.45) is 0 Å². The summed E-state index contributed by atoms with van der Waals surface area (Å²) in [7, 11) is 0. The van der Waals surface area contributed by atoms with Gasteiger partial charge in [0.2, 0.25) is 11.1 Å². The number of nitrogen functional groups attached to an aromatic ring is 1. The summed E-state index contributed by atoms with van der Waals surface area (Å²) in [5.41, 5.74) is 3.19. The van der Waals surface area contributed by atoms with Crippen LogP contribution in [0.3, 0.4) is 0 Å². The molecule has 3 aromatic rings. The van der Waals surface area contributed by atoms with Crippen LogP contribution >= 0.6 is 11.8 Å². The monoisotopic (exact) mass is 381 g/mol. The fourth-order valence-corrected chi connectivity index (χ4v) is 3.13. The van der Waals surface area contributed by atoms with Crippen LogP contribution in [-0.2, 0) is 4.79 Å². The van der Waals surface area contributed by atoms with Crippen LogP contribution in [0.4, 0.5) is 5.69 Å². The van der Waals surface area contributed by atoms with E-state index in [4.69, 9.17) is 5.84 Å². The summed E-state index contributed by atoms with van der Waals surface area (Å²) in [6.07, 6.45) is 0. The van der Waals surface area contributed by atoms with E-state index in [1.54, 1.807) is 24.3 Å². The number of ketones is 1. The molecule has 0 radical (unpaired) electrons. The molecule has 0 aliphatic rings. The molecule has 3 rings (SSSR count). The molecule has 2 aromatic carbocycles. The smallest absolute Gasteiger partial charge is 0.234 e. The molecule has 1 heterocycles. The Morgan fingerprint density at radius 1 is 1.15 bits per heavy atom. The number of nitrogens with zero attached hydrogens (tertiary/aromatic N) is 3. The van der Waals surface area contributed by atoms with Crippen molar-refractivity contribution in [3.8, 4) is 11.4 Å². The first kappa shape index (κ1) is 18.7. The number of carbonyl (C=O) groups is 2. The molecular weight excluding hydrogens is 362 g/mol. The van der Waals surface area contributed by atoms with Gasteiger partial charge in [0.25, 0.3) is 0 Å². The second-order valence-corrected chi connectivity index (χ2v) is 6.96. The van der Waals surface area contributed by atoms with Gasteiger partial charge in [-0.25, -0.2) is 4.68 Å². The predicted molar refractivity (Wildman–Crippen MR) is 106 cm³/mol. The average Bonchev–Trinajstić information content (AvgIpc) is 3.01. The summed E-state index contributed by atoms with van der Waals surface area (Å²) in [6.45, 7) is 3.49. The van der Waals surface area contributed by atoms with Crippen LogP contribution in [-0.4, -0.2) is 32.3 Å². The molecule has 1 amide bonds. The summed E-state index contributed by atoms with van der Waals surface area (Å²) in [5, 5.41) is 11.4. The zero-order valence-electron chi connectivity index (χ0n) is 15.0. The minimum Gasteiger partial charge on any atom is -0.335 e. The number of thioether (sulfide) groups is 1. The lowest BCUT2D eigenvalue weighted by Crippen LogP contribution is -2.16. The van der Waals surface area contributed by atoms with Gasteiger partial charge in [-0.05, 0) is 44.2 Å². The van der Waals surface area contributed by atoms with Gasteiger partial charge < -0.3 is 11.2 Å². The Hall–Kier alpha value is -3.13. The average molecular weight is 381 g/mol. The first-order chi connectivity index (χ1) is 12.9. The van der Waals surface area contributed by atoms with E-state index in [9.17, 15) is 9.59 Å². The molecular formula is C19H19N5O2S. The van der Waals surface area contributed by atoms with Crippen molar-refractivity contribution < 1.29 is 9.59 Å². The van der Waals surface area contributed by atoms with E-state index in [0.29, 0.717) is 22.2 Å². The van der Waals surface area contributed by atoms with E-state index in [2.05, 4.69) is 15.5 Å². The van der Waals surface area contributed by atoms with Crippen molar-refractivity contribution in [2.45, 2.75) is 19.0 Å². The Labute approximate surface area is 161 Å². The number of anilines is 1. The van der Waals surface area contributed by atoms with Gasteiger partial charge in [-0.3, -0.25) is 9.59 Å². The van der Waals surface area contributed by atoms with Gasteiger partial charge in [0.1, 0.15) is 0 Å².